The van der Waals surface area contributed by atoms with Crippen molar-refractivity contribution in [3.8, 4) is 0 Å². The second kappa shape index (κ2) is 8.51. The average molecular weight is 270 g/mol. The van der Waals surface area contributed by atoms with E-state index in [-0.39, 0.29) is 11.9 Å². The van der Waals surface area contributed by atoms with Crippen LogP contribution in [0.15, 0.2) is 0 Å². The predicted octanol–water partition coefficient (Wildman–Crippen LogP) is 0.114. The summed E-state index contributed by atoms with van der Waals surface area (Å²) in [5.41, 5.74) is 5.66. The molecule has 112 valence electrons. The van der Waals surface area contributed by atoms with Gasteiger partial charge in [0.05, 0.1) is 0 Å². The molecule has 0 aromatic carbocycles. The summed E-state index contributed by atoms with van der Waals surface area (Å²) in [5, 5.41) is 2.93. The third-order valence-corrected chi connectivity index (χ3v) is 3.54. The quantitative estimate of drug-likeness (QED) is 0.689. The fraction of sp³-hybridized carbons (Fsp3) is 0.929. The Morgan fingerprint density at radius 1 is 1.16 bits per heavy atom. The van der Waals surface area contributed by atoms with Crippen molar-refractivity contribution in [2.75, 3.05) is 45.8 Å². The highest BCUT2D eigenvalue weighted by atomic mass is 16.1. The number of rotatable bonds is 7. The van der Waals surface area contributed by atoms with Crippen molar-refractivity contribution < 1.29 is 4.79 Å². The SMILES string of the molecule is CC(CN)CN1CCN(CCC(=O)NC(C)C)CC1. The van der Waals surface area contributed by atoms with E-state index in [4.69, 9.17) is 5.73 Å². The molecule has 0 bridgehead atoms. The fourth-order valence-electron chi connectivity index (χ4n) is 2.36. The lowest BCUT2D eigenvalue weighted by molar-refractivity contribution is -0.122. The van der Waals surface area contributed by atoms with Crippen LogP contribution in [0.2, 0.25) is 0 Å². The maximum atomic E-state index is 11.6. The summed E-state index contributed by atoms with van der Waals surface area (Å²) in [7, 11) is 0. The predicted molar refractivity (Wildman–Crippen MR) is 79.0 cm³/mol. The van der Waals surface area contributed by atoms with E-state index in [9.17, 15) is 4.79 Å². The third kappa shape index (κ3) is 6.89. The number of carbonyl (C=O) groups excluding carboxylic acids is 1. The highest BCUT2D eigenvalue weighted by Gasteiger charge is 2.18. The topological polar surface area (TPSA) is 61.6 Å². The van der Waals surface area contributed by atoms with Gasteiger partial charge in [-0.1, -0.05) is 6.92 Å². The van der Waals surface area contributed by atoms with E-state index in [1.54, 1.807) is 0 Å². The van der Waals surface area contributed by atoms with Gasteiger partial charge in [0.25, 0.3) is 0 Å². The summed E-state index contributed by atoms with van der Waals surface area (Å²) < 4.78 is 0. The monoisotopic (exact) mass is 270 g/mol. The smallest absolute Gasteiger partial charge is 0.221 e. The molecule has 1 saturated heterocycles. The molecule has 0 saturated carbocycles. The van der Waals surface area contributed by atoms with Crippen molar-refractivity contribution in [3.05, 3.63) is 0 Å². The summed E-state index contributed by atoms with van der Waals surface area (Å²) in [5.74, 6) is 0.734. The normalized spacial score (nSPS) is 19.6. The van der Waals surface area contributed by atoms with Crippen LogP contribution in [0.5, 0.6) is 0 Å². The molecule has 0 spiro atoms. The molecule has 1 heterocycles. The zero-order valence-electron chi connectivity index (χ0n) is 12.7. The van der Waals surface area contributed by atoms with Crippen molar-refractivity contribution >= 4 is 5.91 Å². The zero-order valence-corrected chi connectivity index (χ0v) is 12.7. The molecule has 0 aliphatic carbocycles. The van der Waals surface area contributed by atoms with Crippen LogP contribution in [-0.2, 0) is 4.79 Å². The number of hydrogen-bond donors (Lipinski definition) is 2. The Bertz CT molecular complexity index is 262. The van der Waals surface area contributed by atoms with Gasteiger partial charge in [0.15, 0.2) is 0 Å². The van der Waals surface area contributed by atoms with E-state index in [0.29, 0.717) is 12.3 Å². The van der Waals surface area contributed by atoms with Gasteiger partial charge in [0, 0.05) is 51.7 Å². The Morgan fingerprint density at radius 2 is 1.74 bits per heavy atom. The Morgan fingerprint density at radius 3 is 2.26 bits per heavy atom. The average Bonchev–Trinajstić information content (AvgIpc) is 2.37. The van der Waals surface area contributed by atoms with Crippen LogP contribution in [0.4, 0.5) is 0 Å². The first-order valence-corrected chi connectivity index (χ1v) is 7.45. The Hall–Kier alpha value is -0.650. The molecule has 5 nitrogen and oxygen atoms in total. The zero-order chi connectivity index (χ0) is 14.3. The van der Waals surface area contributed by atoms with Crippen LogP contribution < -0.4 is 11.1 Å². The minimum absolute atomic E-state index is 0.161. The molecule has 1 unspecified atom stereocenters. The number of carbonyl (C=O) groups is 1. The van der Waals surface area contributed by atoms with Gasteiger partial charge < -0.3 is 20.9 Å². The molecular weight excluding hydrogens is 240 g/mol. The van der Waals surface area contributed by atoms with Crippen LogP contribution in [0.1, 0.15) is 27.2 Å². The van der Waals surface area contributed by atoms with Crippen LogP contribution >= 0.6 is 0 Å². The first-order chi connectivity index (χ1) is 9.01. The number of nitrogens with zero attached hydrogens (tertiary/aromatic N) is 2. The van der Waals surface area contributed by atoms with E-state index in [0.717, 1.165) is 45.8 Å². The largest absolute Gasteiger partial charge is 0.354 e. The lowest BCUT2D eigenvalue weighted by Crippen LogP contribution is -2.48. The second-order valence-corrected chi connectivity index (χ2v) is 5.96. The van der Waals surface area contributed by atoms with Gasteiger partial charge in [-0.05, 0) is 26.3 Å². The van der Waals surface area contributed by atoms with Crippen molar-refractivity contribution in [2.24, 2.45) is 11.7 Å². The summed E-state index contributed by atoms with van der Waals surface area (Å²) in [6, 6.07) is 0.238. The van der Waals surface area contributed by atoms with Crippen molar-refractivity contribution in [2.45, 2.75) is 33.2 Å². The molecule has 0 aromatic rings. The molecule has 0 radical (unpaired) electrons. The number of hydrogen-bond acceptors (Lipinski definition) is 4. The van der Waals surface area contributed by atoms with E-state index >= 15 is 0 Å². The van der Waals surface area contributed by atoms with Gasteiger partial charge in [-0.25, -0.2) is 0 Å². The summed E-state index contributed by atoms with van der Waals surface area (Å²) in [6.07, 6.45) is 0.609. The van der Waals surface area contributed by atoms with E-state index in [1.807, 2.05) is 13.8 Å². The molecule has 5 heteroatoms. The van der Waals surface area contributed by atoms with Crippen molar-refractivity contribution in [1.82, 2.24) is 15.1 Å². The van der Waals surface area contributed by atoms with Gasteiger partial charge in [-0.2, -0.15) is 0 Å². The van der Waals surface area contributed by atoms with Crippen LogP contribution in [0.3, 0.4) is 0 Å². The van der Waals surface area contributed by atoms with Crippen LogP contribution in [0, 0.1) is 5.92 Å². The standard InChI is InChI=1S/C14H30N4O/c1-12(2)16-14(19)4-5-17-6-8-18(9-7-17)11-13(3)10-15/h12-13H,4-11,15H2,1-3H3,(H,16,19). The van der Waals surface area contributed by atoms with Crippen molar-refractivity contribution in [1.29, 1.82) is 0 Å². The molecule has 0 aromatic heterocycles. The first-order valence-electron chi connectivity index (χ1n) is 7.45. The lowest BCUT2D eigenvalue weighted by Gasteiger charge is -2.35. The van der Waals surface area contributed by atoms with Gasteiger partial charge in [0.1, 0.15) is 0 Å². The molecular formula is C14H30N4O. The molecule has 1 atom stereocenters. The van der Waals surface area contributed by atoms with Crippen LogP contribution in [-0.4, -0.2) is 67.6 Å². The maximum Gasteiger partial charge on any atom is 0.221 e. The third-order valence-electron chi connectivity index (χ3n) is 3.54. The summed E-state index contributed by atoms with van der Waals surface area (Å²) >= 11 is 0. The molecule has 19 heavy (non-hydrogen) atoms. The second-order valence-electron chi connectivity index (χ2n) is 5.96. The van der Waals surface area contributed by atoms with Gasteiger partial charge >= 0.3 is 0 Å². The molecule has 1 fully saturated rings. The number of nitrogens with one attached hydrogen (secondary N) is 1. The Labute approximate surface area is 117 Å². The Kier molecular flexibility index (Phi) is 7.34. The Balaban J connectivity index is 2.14. The number of nitrogens with two attached hydrogens (primary N) is 1. The molecule has 1 amide bonds. The van der Waals surface area contributed by atoms with E-state index in [1.165, 1.54) is 0 Å². The fourth-order valence-corrected chi connectivity index (χ4v) is 2.36. The van der Waals surface area contributed by atoms with Crippen molar-refractivity contribution in [3.63, 3.8) is 0 Å². The lowest BCUT2D eigenvalue weighted by atomic mass is 10.1. The highest BCUT2D eigenvalue weighted by Crippen LogP contribution is 2.05. The maximum absolute atomic E-state index is 11.6. The summed E-state index contributed by atoms with van der Waals surface area (Å²) in [4.78, 5) is 16.4. The van der Waals surface area contributed by atoms with Gasteiger partial charge in [-0.15, -0.1) is 0 Å². The number of amides is 1. The molecule has 1 rings (SSSR count). The van der Waals surface area contributed by atoms with E-state index < -0.39 is 0 Å². The minimum Gasteiger partial charge on any atom is -0.354 e. The number of piperazine rings is 1. The van der Waals surface area contributed by atoms with Crippen LogP contribution in [0.25, 0.3) is 0 Å². The molecule has 1 aliphatic rings. The van der Waals surface area contributed by atoms with Gasteiger partial charge in [-0.3, -0.25) is 4.79 Å². The highest BCUT2D eigenvalue weighted by molar-refractivity contribution is 5.76. The first kappa shape index (κ1) is 16.4. The molecule has 3 N–H and O–H groups in total. The summed E-state index contributed by atoms with van der Waals surface area (Å²) in [6.45, 7) is 13.2. The minimum atomic E-state index is 0.161. The molecule has 1 aliphatic heterocycles. The van der Waals surface area contributed by atoms with Gasteiger partial charge in [0.2, 0.25) is 5.91 Å². The van der Waals surface area contributed by atoms with E-state index in [2.05, 4.69) is 22.0 Å².